The third-order valence-corrected chi connectivity index (χ3v) is 4.71. The van der Waals surface area contributed by atoms with Gasteiger partial charge >= 0.3 is 6.03 Å². The van der Waals surface area contributed by atoms with Gasteiger partial charge in [0, 0.05) is 24.5 Å². The van der Waals surface area contributed by atoms with E-state index in [1.54, 1.807) is 12.2 Å². The monoisotopic (exact) mass is 354 g/mol. The Balaban J connectivity index is 2.02. The van der Waals surface area contributed by atoms with E-state index in [0.29, 0.717) is 12.2 Å². The van der Waals surface area contributed by atoms with Gasteiger partial charge in [-0.15, -0.1) is 0 Å². The van der Waals surface area contributed by atoms with E-state index in [1.165, 1.54) is 17.3 Å². The second kappa shape index (κ2) is 8.32. The quantitative estimate of drug-likeness (QED) is 0.610. The van der Waals surface area contributed by atoms with Crippen LogP contribution in [0, 0.1) is 11.3 Å². The summed E-state index contributed by atoms with van der Waals surface area (Å²) < 4.78 is 0. The van der Waals surface area contributed by atoms with Crippen LogP contribution in [0.15, 0.2) is 42.1 Å². The van der Waals surface area contributed by atoms with E-state index in [0.717, 1.165) is 12.0 Å². The van der Waals surface area contributed by atoms with Crippen LogP contribution in [0.3, 0.4) is 0 Å². The van der Waals surface area contributed by atoms with Gasteiger partial charge in [-0.2, -0.15) is 0 Å². The standard InChI is InChI=1S/C21H30N4O/c1-5-14-11-16(21(2,3)4)10-9-15(14)13-24-20(26)25-19-8-6-7-18(23)17(19)12-22/h6-12,17-18,22H,5,13,23H2,1-4H3,(H2,24,25,26). The topological polar surface area (TPSA) is 91.0 Å². The third-order valence-electron chi connectivity index (χ3n) is 4.71. The van der Waals surface area contributed by atoms with Gasteiger partial charge < -0.3 is 21.8 Å². The normalized spacial score (nSPS) is 19.7. The van der Waals surface area contributed by atoms with Crippen molar-refractivity contribution < 1.29 is 4.79 Å². The molecule has 0 heterocycles. The summed E-state index contributed by atoms with van der Waals surface area (Å²) in [5.41, 5.74) is 10.4. The van der Waals surface area contributed by atoms with E-state index >= 15 is 0 Å². The summed E-state index contributed by atoms with van der Waals surface area (Å²) in [6, 6.07) is 5.88. The molecule has 2 rings (SSSR count). The highest BCUT2D eigenvalue weighted by atomic mass is 16.2. The molecule has 26 heavy (non-hydrogen) atoms. The zero-order chi connectivity index (χ0) is 19.3. The molecule has 0 fully saturated rings. The molecule has 2 amide bonds. The summed E-state index contributed by atoms with van der Waals surface area (Å²) in [4.78, 5) is 12.3. The second-order valence-electron chi connectivity index (χ2n) is 7.67. The third kappa shape index (κ3) is 4.82. The summed E-state index contributed by atoms with van der Waals surface area (Å²) in [6.45, 7) is 9.18. The van der Waals surface area contributed by atoms with Gasteiger partial charge in [-0.25, -0.2) is 4.79 Å². The van der Waals surface area contributed by atoms with Crippen LogP contribution in [0.5, 0.6) is 0 Å². The molecule has 1 aromatic rings. The molecule has 5 N–H and O–H groups in total. The van der Waals surface area contributed by atoms with Crippen molar-refractivity contribution in [3.63, 3.8) is 0 Å². The molecule has 0 radical (unpaired) electrons. The van der Waals surface area contributed by atoms with Crippen LogP contribution >= 0.6 is 0 Å². The highest BCUT2D eigenvalue weighted by molar-refractivity contribution is 5.78. The number of amides is 2. The maximum atomic E-state index is 12.3. The van der Waals surface area contributed by atoms with Crippen LogP contribution in [-0.4, -0.2) is 18.3 Å². The Kier molecular flexibility index (Phi) is 6.37. The Bertz CT molecular complexity index is 728. The SMILES string of the molecule is CCc1cc(C(C)(C)C)ccc1CNC(=O)NC1=CC=CC(N)C1C=N. The summed E-state index contributed by atoms with van der Waals surface area (Å²) in [5, 5.41) is 13.2. The molecule has 1 aromatic carbocycles. The maximum absolute atomic E-state index is 12.3. The summed E-state index contributed by atoms with van der Waals surface area (Å²) in [6.07, 6.45) is 7.60. The molecule has 2 unspecified atom stereocenters. The van der Waals surface area contributed by atoms with Crippen molar-refractivity contribution in [2.24, 2.45) is 11.7 Å². The number of hydrogen-bond donors (Lipinski definition) is 4. The van der Waals surface area contributed by atoms with Crippen LogP contribution in [0.2, 0.25) is 0 Å². The molecule has 0 aromatic heterocycles. The number of hydrogen-bond acceptors (Lipinski definition) is 3. The van der Waals surface area contributed by atoms with Gasteiger partial charge in [0.2, 0.25) is 0 Å². The number of allylic oxidation sites excluding steroid dienone is 2. The van der Waals surface area contributed by atoms with Gasteiger partial charge in [0.05, 0.1) is 5.92 Å². The highest BCUT2D eigenvalue weighted by Crippen LogP contribution is 2.25. The predicted octanol–water partition coefficient (Wildman–Crippen LogP) is 3.39. The number of benzene rings is 1. The molecule has 5 heteroatoms. The van der Waals surface area contributed by atoms with Gasteiger partial charge in [-0.1, -0.05) is 58.0 Å². The second-order valence-corrected chi connectivity index (χ2v) is 7.67. The van der Waals surface area contributed by atoms with E-state index in [2.05, 4.69) is 56.5 Å². The molecule has 0 saturated heterocycles. The van der Waals surface area contributed by atoms with Crippen LogP contribution < -0.4 is 16.4 Å². The first-order chi connectivity index (χ1) is 12.3. The summed E-state index contributed by atoms with van der Waals surface area (Å²) in [7, 11) is 0. The zero-order valence-electron chi connectivity index (χ0n) is 16.1. The lowest BCUT2D eigenvalue weighted by atomic mass is 9.85. The van der Waals surface area contributed by atoms with Crippen molar-refractivity contribution in [2.45, 2.75) is 52.1 Å². The first-order valence-corrected chi connectivity index (χ1v) is 9.08. The lowest BCUT2D eigenvalue weighted by Crippen LogP contribution is -2.42. The van der Waals surface area contributed by atoms with E-state index in [4.69, 9.17) is 11.1 Å². The smallest absolute Gasteiger partial charge is 0.319 e. The van der Waals surface area contributed by atoms with Crippen LogP contribution in [0.25, 0.3) is 0 Å². The molecular formula is C21H30N4O. The van der Waals surface area contributed by atoms with Gasteiger partial charge in [-0.05, 0) is 34.6 Å². The summed E-state index contributed by atoms with van der Waals surface area (Å²) in [5.74, 6) is -0.303. The lowest BCUT2D eigenvalue weighted by Gasteiger charge is -2.24. The van der Waals surface area contributed by atoms with Crippen LogP contribution in [0.1, 0.15) is 44.4 Å². The molecular weight excluding hydrogens is 324 g/mol. The Morgan fingerprint density at radius 2 is 2.04 bits per heavy atom. The lowest BCUT2D eigenvalue weighted by molar-refractivity contribution is 0.242. The predicted molar refractivity (Wildman–Crippen MR) is 107 cm³/mol. The minimum atomic E-state index is -0.303. The molecule has 5 nitrogen and oxygen atoms in total. The molecule has 1 aliphatic carbocycles. The van der Waals surface area contributed by atoms with Crippen molar-refractivity contribution in [1.29, 1.82) is 5.41 Å². The van der Waals surface area contributed by atoms with E-state index in [9.17, 15) is 4.79 Å². The minimum absolute atomic E-state index is 0.106. The molecule has 0 spiro atoms. The van der Waals surface area contributed by atoms with Gasteiger partial charge in [0.25, 0.3) is 0 Å². The fraction of sp³-hybridized carbons (Fsp3) is 0.429. The number of carbonyl (C=O) groups excluding carboxylic acids is 1. The van der Waals surface area contributed by atoms with Gasteiger partial charge in [0.15, 0.2) is 0 Å². The number of rotatable bonds is 5. The van der Waals surface area contributed by atoms with Gasteiger partial charge in [0.1, 0.15) is 0 Å². The first-order valence-electron chi connectivity index (χ1n) is 9.08. The number of urea groups is 1. The molecule has 0 aliphatic heterocycles. The Labute approximate surface area is 156 Å². The fourth-order valence-corrected chi connectivity index (χ4v) is 3.00. The van der Waals surface area contributed by atoms with Crippen molar-refractivity contribution >= 4 is 12.2 Å². The number of nitrogens with two attached hydrogens (primary N) is 1. The average Bonchev–Trinajstić information content (AvgIpc) is 2.59. The fourth-order valence-electron chi connectivity index (χ4n) is 3.00. The van der Waals surface area contributed by atoms with E-state index in [1.807, 2.05) is 6.08 Å². The van der Waals surface area contributed by atoms with Crippen LogP contribution in [0.4, 0.5) is 4.79 Å². The van der Waals surface area contributed by atoms with Crippen molar-refractivity contribution in [3.05, 3.63) is 58.8 Å². The Morgan fingerprint density at radius 3 is 2.65 bits per heavy atom. The first kappa shape index (κ1) is 19.9. The number of aryl methyl sites for hydroxylation is 1. The zero-order valence-corrected chi connectivity index (χ0v) is 16.1. The van der Waals surface area contributed by atoms with E-state index in [-0.39, 0.29) is 23.4 Å². The van der Waals surface area contributed by atoms with Crippen molar-refractivity contribution in [3.8, 4) is 0 Å². The van der Waals surface area contributed by atoms with Crippen molar-refractivity contribution in [2.75, 3.05) is 0 Å². The maximum Gasteiger partial charge on any atom is 0.319 e. The number of carbonyl (C=O) groups is 1. The molecule has 0 bridgehead atoms. The molecule has 2 atom stereocenters. The Hall–Kier alpha value is -2.40. The molecule has 140 valence electrons. The van der Waals surface area contributed by atoms with E-state index < -0.39 is 0 Å². The minimum Gasteiger partial charge on any atom is -0.334 e. The Morgan fingerprint density at radius 1 is 1.31 bits per heavy atom. The van der Waals surface area contributed by atoms with Crippen LogP contribution in [-0.2, 0) is 18.4 Å². The van der Waals surface area contributed by atoms with Crippen molar-refractivity contribution in [1.82, 2.24) is 10.6 Å². The summed E-state index contributed by atoms with van der Waals surface area (Å²) >= 11 is 0. The largest absolute Gasteiger partial charge is 0.334 e. The molecule has 1 aliphatic rings. The highest BCUT2D eigenvalue weighted by Gasteiger charge is 2.22. The van der Waals surface area contributed by atoms with Gasteiger partial charge in [-0.3, -0.25) is 0 Å². The number of nitrogens with one attached hydrogen (secondary N) is 3. The molecule has 0 saturated carbocycles. The average molecular weight is 354 g/mol.